The summed E-state index contributed by atoms with van der Waals surface area (Å²) in [6.07, 6.45) is 1.62. The number of nitriles is 1. The van der Waals surface area contributed by atoms with Gasteiger partial charge in [0, 0.05) is 25.4 Å². The summed E-state index contributed by atoms with van der Waals surface area (Å²) in [6, 6.07) is 5.23. The fourth-order valence-electron chi connectivity index (χ4n) is 1.33. The summed E-state index contributed by atoms with van der Waals surface area (Å²) in [4.78, 5) is 11.3. The van der Waals surface area contributed by atoms with Crippen molar-refractivity contribution in [2.45, 2.75) is 6.04 Å². The highest BCUT2D eigenvalue weighted by atomic mass is 16.1. The molecule has 1 aromatic rings. The van der Waals surface area contributed by atoms with Crippen molar-refractivity contribution < 1.29 is 0 Å². The second kappa shape index (κ2) is 3.04. The lowest BCUT2D eigenvalue weighted by Gasteiger charge is -2.28. The van der Waals surface area contributed by atoms with E-state index in [1.165, 1.54) is 6.07 Å². The average Bonchev–Trinajstić information content (AvgIpc) is 2.06. The highest BCUT2D eigenvalue weighted by Crippen LogP contribution is 2.08. The second-order valence-corrected chi connectivity index (χ2v) is 3.09. The molecule has 0 saturated carbocycles. The molecule has 4 nitrogen and oxygen atoms in total. The minimum absolute atomic E-state index is 0.0366. The molecule has 0 aliphatic carbocycles. The molecule has 0 atom stereocenters. The third kappa shape index (κ3) is 1.34. The van der Waals surface area contributed by atoms with Gasteiger partial charge in [0.15, 0.2) is 0 Å². The van der Waals surface area contributed by atoms with Gasteiger partial charge in [0.1, 0.15) is 6.07 Å². The first kappa shape index (κ1) is 8.02. The van der Waals surface area contributed by atoms with E-state index in [9.17, 15) is 4.79 Å². The van der Waals surface area contributed by atoms with Gasteiger partial charge in [-0.05, 0) is 6.07 Å². The van der Waals surface area contributed by atoms with Crippen LogP contribution in [0.2, 0.25) is 0 Å². The fourth-order valence-corrected chi connectivity index (χ4v) is 1.33. The molecule has 0 unspecified atom stereocenters. The molecule has 66 valence electrons. The Morgan fingerprint density at radius 2 is 2.31 bits per heavy atom. The zero-order valence-electron chi connectivity index (χ0n) is 7.03. The van der Waals surface area contributed by atoms with E-state index in [0.717, 1.165) is 13.1 Å². The summed E-state index contributed by atoms with van der Waals surface area (Å²) in [5.41, 5.74) is 0.497. The van der Waals surface area contributed by atoms with E-state index in [4.69, 9.17) is 5.26 Å². The van der Waals surface area contributed by atoms with Crippen LogP contribution in [0.5, 0.6) is 0 Å². The Bertz CT molecular complexity index is 412. The van der Waals surface area contributed by atoms with Crippen LogP contribution in [0.25, 0.3) is 0 Å². The number of nitrogens with one attached hydrogen (secondary N) is 1. The molecular formula is C9H9N3O. The Morgan fingerprint density at radius 1 is 1.54 bits per heavy atom. The van der Waals surface area contributed by atoms with Gasteiger partial charge >= 0.3 is 0 Å². The van der Waals surface area contributed by atoms with Gasteiger partial charge in [0.25, 0.3) is 5.56 Å². The van der Waals surface area contributed by atoms with Gasteiger partial charge in [-0.3, -0.25) is 4.79 Å². The van der Waals surface area contributed by atoms with Gasteiger partial charge in [-0.1, -0.05) is 0 Å². The SMILES string of the molecule is N#Cc1ccc(=O)n(C2CNC2)c1. The van der Waals surface area contributed by atoms with Crippen molar-refractivity contribution in [3.05, 3.63) is 34.2 Å². The predicted octanol–water partition coefficient (Wildman–Crippen LogP) is -0.136. The van der Waals surface area contributed by atoms with Crippen molar-refractivity contribution >= 4 is 0 Å². The quantitative estimate of drug-likeness (QED) is 0.646. The Labute approximate surface area is 75.4 Å². The first-order valence-electron chi connectivity index (χ1n) is 4.14. The van der Waals surface area contributed by atoms with Crippen molar-refractivity contribution in [1.82, 2.24) is 9.88 Å². The fraction of sp³-hybridized carbons (Fsp3) is 0.333. The maximum Gasteiger partial charge on any atom is 0.250 e. The van der Waals surface area contributed by atoms with E-state index in [2.05, 4.69) is 5.32 Å². The molecule has 1 aliphatic heterocycles. The zero-order chi connectivity index (χ0) is 9.26. The van der Waals surface area contributed by atoms with Gasteiger partial charge < -0.3 is 9.88 Å². The number of aromatic nitrogens is 1. The Hall–Kier alpha value is -1.60. The molecule has 1 fully saturated rings. The number of pyridine rings is 1. The first-order valence-corrected chi connectivity index (χ1v) is 4.14. The van der Waals surface area contributed by atoms with Crippen LogP contribution in [-0.4, -0.2) is 17.7 Å². The number of hydrogen-bond donors (Lipinski definition) is 1. The van der Waals surface area contributed by atoms with Crippen LogP contribution < -0.4 is 10.9 Å². The van der Waals surface area contributed by atoms with E-state index in [1.54, 1.807) is 16.8 Å². The van der Waals surface area contributed by atoms with Crippen LogP contribution in [0.3, 0.4) is 0 Å². The molecule has 2 heterocycles. The first-order chi connectivity index (χ1) is 6.31. The third-order valence-corrected chi connectivity index (χ3v) is 2.22. The highest BCUT2D eigenvalue weighted by Gasteiger charge is 2.19. The maximum absolute atomic E-state index is 11.3. The summed E-state index contributed by atoms with van der Waals surface area (Å²) >= 11 is 0. The predicted molar refractivity (Wildman–Crippen MR) is 47.3 cm³/mol. The lowest BCUT2D eigenvalue weighted by atomic mass is 10.1. The van der Waals surface area contributed by atoms with E-state index in [1.807, 2.05) is 6.07 Å². The Kier molecular flexibility index (Phi) is 1.87. The van der Waals surface area contributed by atoms with Gasteiger partial charge in [-0.25, -0.2) is 0 Å². The molecule has 1 N–H and O–H groups in total. The Balaban J connectivity index is 2.43. The van der Waals surface area contributed by atoms with Crippen LogP contribution >= 0.6 is 0 Å². The molecule has 0 radical (unpaired) electrons. The minimum Gasteiger partial charge on any atom is -0.313 e. The number of hydrogen-bond acceptors (Lipinski definition) is 3. The van der Waals surface area contributed by atoms with Crippen molar-refractivity contribution in [1.29, 1.82) is 5.26 Å². The summed E-state index contributed by atoms with van der Waals surface area (Å²) < 4.78 is 1.62. The molecule has 1 aliphatic rings. The second-order valence-electron chi connectivity index (χ2n) is 3.09. The van der Waals surface area contributed by atoms with Crippen LogP contribution in [0.4, 0.5) is 0 Å². The normalized spacial score (nSPS) is 16.2. The Morgan fingerprint density at radius 3 is 2.85 bits per heavy atom. The molecule has 4 heteroatoms. The van der Waals surface area contributed by atoms with Gasteiger partial charge in [0.05, 0.1) is 11.6 Å². The largest absolute Gasteiger partial charge is 0.313 e. The molecule has 0 spiro atoms. The van der Waals surface area contributed by atoms with E-state index in [-0.39, 0.29) is 11.6 Å². The minimum atomic E-state index is -0.0366. The highest BCUT2D eigenvalue weighted by molar-refractivity contribution is 5.25. The van der Waals surface area contributed by atoms with Crippen LogP contribution in [0.15, 0.2) is 23.1 Å². The van der Waals surface area contributed by atoms with E-state index >= 15 is 0 Å². The van der Waals surface area contributed by atoms with Crippen molar-refractivity contribution in [3.63, 3.8) is 0 Å². The van der Waals surface area contributed by atoms with Crippen molar-refractivity contribution in [2.75, 3.05) is 13.1 Å². The number of nitrogens with zero attached hydrogens (tertiary/aromatic N) is 2. The summed E-state index contributed by atoms with van der Waals surface area (Å²) in [5.74, 6) is 0. The molecular weight excluding hydrogens is 166 g/mol. The van der Waals surface area contributed by atoms with Crippen molar-refractivity contribution in [2.24, 2.45) is 0 Å². The molecule has 0 bridgehead atoms. The van der Waals surface area contributed by atoms with Gasteiger partial charge in [-0.15, -0.1) is 0 Å². The third-order valence-electron chi connectivity index (χ3n) is 2.22. The summed E-state index contributed by atoms with van der Waals surface area (Å²) in [7, 11) is 0. The molecule has 0 amide bonds. The van der Waals surface area contributed by atoms with Crippen molar-refractivity contribution in [3.8, 4) is 6.07 Å². The van der Waals surface area contributed by atoms with Crippen LogP contribution in [0.1, 0.15) is 11.6 Å². The number of rotatable bonds is 1. The van der Waals surface area contributed by atoms with E-state index in [0.29, 0.717) is 5.56 Å². The van der Waals surface area contributed by atoms with E-state index < -0.39 is 0 Å². The van der Waals surface area contributed by atoms with Gasteiger partial charge in [0.2, 0.25) is 0 Å². The molecule has 1 saturated heterocycles. The molecule has 13 heavy (non-hydrogen) atoms. The smallest absolute Gasteiger partial charge is 0.250 e. The summed E-state index contributed by atoms with van der Waals surface area (Å²) in [5, 5.41) is 11.7. The van der Waals surface area contributed by atoms with Crippen LogP contribution in [-0.2, 0) is 0 Å². The maximum atomic E-state index is 11.3. The average molecular weight is 175 g/mol. The van der Waals surface area contributed by atoms with Crippen LogP contribution in [0, 0.1) is 11.3 Å². The standard InChI is InChI=1S/C9H9N3O/c10-3-7-1-2-9(13)12(6-7)8-4-11-5-8/h1-2,6,8,11H,4-5H2. The lowest BCUT2D eigenvalue weighted by molar-refractivity contribution is 0.336. The topological polar surface area (TPSA) is 57.8 Å². The van der Waals surface area contributed by atoms with Gasteiger partial charge in [-0.2, -0.15) is 5.26 Å². The molecule has 2 rings (SSSR count). The lowest BCUT2D eigenvalue weighted by Crippen LogP contribution is -2.46. The summed E-state index contributed by atoms with van der Waals surface area (Å²) in [6.45, 7) is 1.63. The monoisotopic (exact) mass is 175 g/mol. The molecule has 1 aromatic heterocycles. The zero-order valence-corrected chi connectivity index (χ0v) is 7.03. The molecule has 0 aromatic carbocycles.